The molecule has 134 valence electrons. The molecule has 1 aliphatic heterocycles. The van der Waals surface area contributed by atoms with E-state index < -0.39 is 6.10 Å². The smallest absolute Gasteiger partial charge is 0.231 e. The third-order valence-electron chi connectivity index (χ3n) is 3.92. The van der Waals surface area contributed by atoms with E-state index in [1.807, 2.05) is 35.2 Å². The number of nitrogens with zero attached hydrogens (tertiary/aromatic N) is 1. The van der Waals surface area contributed by atoms with E-state index in [4.69, 9.17) is 14.2 Å². The van der Waals surface area contributed by atoms with Gasteiger partial charge in [-0.1, -0.05) is 30.3 Å². The minimum atomic E-state index is -0.666. The second-order valence-electron chi connectivity index (χ2n) is 5.92. The van der Waals surface area contributed by atoms with E-state index in [2.05, 4.69) is 0 Å². The number of ether oxygens (including phenoxy) is 3. The third kappa shape index (κ3) is 5.09. The predicted molar refractivity (Wildman–Crippen MR) is 92.9 cm³/mol. The third-order valence-corrected chi connectivity index (χ3v) is 3.92. The van der Waals surface area contributed by atoms with Gasteiger partial charge in [0.1, 0.15) is 18.5 Å². The highest BCUT2D eigenvalue weighted by atomic mass is 16.7. The van der Waals surface area contributed by atoms with Crippen molar-refractivity contribution in [3.05, 3.63) is 54.1 Å². The second kappa shape index (κ2) is 8.71. The molecule has 0 radical (unpaired) electrons. The molecule has 0 unspecified atom stereocenters. The number of fused-ring (bicyclic) bond motifs is 1. The Kier molecular flexibility index (Phi) is 6.11. The summed E-state index contributed by atoms with van der Waals surface area (Å²) < 4.78 is 16.2. The van der Waals surface area contributed by atoms with E-state index in [1.165, 1.54) is 0 Å². The minimum absolute atomic E-state index is 0.0442. The Hall–Kier alpha value is -2.28. The van der Waals surface area contributed by atoms with Gasteiger partial charge >= 0.3 is 0 Å². The quantitative estimate of drug-likeness (QED) is 0.720. The molecular weight excluding hydrogens is 322 g/mol. The summed E-state index contributed by atoms with van der Waals surface area (Å²) in [5, 5.41) is 19.5. The van der Waals surface area contributed by atoms with Crippen LogP contribution in [0.5, 0.6) is 17.2 Å². The highest BCUT2D eigenvalue weighted by Gasteiger charge is 2.16. The van der Waals surface area contributed by atoms with Crippen molar-refractivity contribution < 1.29 is 24.4 Å². The summed E-state index contributed by atoms with van der Waals surface area (Å²) >= 11 is 0. The molecule has 1 heterocycles. The van der Waals surface area contributed by atoms with Gasteiger partial charge in [0.25, 0.3) is 0 Å². The van der Waals surface area contributed by atoms with E-state index in [0.29, 0.717) is 36.9 Å². The summed E-state index contributed by atoms with van der Waals surface area (Å²) in [6.45, 7) is 2.01. The first kappa shape index (κ1) is 17.5. The summed E-state index contributed by atoms with van der Waals surface area (Å²) in [6.07, 6.45) is -0.666. The van der Waals surface area contributed by atoms with Crippen molar-refractivity contribution in [3.63, 3.8) is 0 Å². The molecule has 0 amide bonds. The molecule has 6 heteroatoms. The highest BCUT2D eigenvalue weighted by Crippen LogP contribution is 2.35. The molecule has 2 N–H and O–H groups in total. The van der Waals surface area contributed by atoms with E-state index in [9.17, 15) is 10.2 Å². The zero-order valence-corrected chi connectivity index (χ0v) is 14.0. The number of aliphatic hydroxyl groups is 2. The first-order valence-corrected chi connectivity index (χ1v) is 8.32. The maximum atomic E-state index is 10.3. The molecule has 1 atom stereocenters. The lowest BCUT2D eigenvalue weighted by molar-refractivity contribution is 0.0589. The van der Waals surface area contributed by atoms with Gasteiger partial charge in [0.2, 0.25) is 6.79 Å². The number of aliphatic hydroxyl groups excluding tert-OH is 2. The first-order chi connectivity index (χ1) is 12.2. The average molecular weight is 345 g/mol. The molecule has 1 aliphatic rings. The zero-order chi connectivity index (χ0) is 17.5. The van der Waals surface area contributed by atoms with Crippen molar-refractivity contribution >= 4 is 0 Å². The normalized spacial score (nSPS) is 13.9. The van der Waals surface area contributed by atoms with Crippen LogP contribution in [0.1, 0.15) is 5.56 Å². The number of hydrogen-bond donors (Lipinski definition) is 2. The van der Waals surface area contributed by atoms with Crippen molar-refractivity contribution in [1.82, 2.24) is 4.90 Å². The molecule has 2 aromatic carbocycles. The van der Waals surface area contributed by atoms with Crippen molar-refractivity contribution in [2.75, 3.05) is 33.1 Å². The summed E-state index contributed by atoms with van der Waals surface area (Å²) in [4.78, 5) is 2.00. The van der Waals surface area contributed by atoms with Crippen LogP contribution in [0, 0.1) is 0 Å². The van der Waals surface area contributed by atoms with Gasteiger partial charge in [-0.05, 0) is 17.7 Å². The monoisotopic (exact) mass is 345 g/mol. The fraction of sp³-hybridized carbons (Fsp3) is 0.368. The van der Waals surface area contributed by atoms with Gasteiger partial charge in [0, 0.05) is 25.7 Å². The minimum Gasteiger partial charge on any atom is -0.491 e. The lowest BCUT2D eigenvalue weighted by Gasteiger charge is -2.24. The van der Waals surface area contributed by atoms with E-state index >= 15 is 0 Å². The van der Waals surface area contributed by atoms with Crippen molar-refractivity contribution in [3.8, 4) is 17.2 Å². The molecule has 3 rings (SSSR count). The Morgan fingerprint density at radius 3 is 2.68 bits per heavy atom. The van der Waals surface area contributed by atoms with Gasteiger partial charge in [-0.25, -0.2) is 0 Å². The maximum Gasteiger partial charge on any atom is 0.231 e. The van der Waals surface area contributed by atoms with Crippen LogP contribution >= 0.6 is 0 Å². The molecule has 0 bridgehead atoms. The predicted octanol–water partition coefficient (Wildman–Crippen LogP) is 1.65. The van der Waals surface area contributed by atoms with Crippen LogP contribution in [0.3, 0.4) is 0 Å². The first-order valence-electron chi connectivity index (χ1n) is 8.32. The lowest BCUT2D eigenvalue weighted by Crippen LogP contribution is -2.37. The molecule has 0 saturated heterocycles. The Morgan fingerprint density at radius 1 is 1.08 bits per heavy atom. The van der Waals surface area contributed by atoms with Crippen LogP contribution < -0.4 is 14.2 Å². The standard InChI is InChI=1S/C19H23NO5/c21-9-8-20(11-15-4-2-1-3-5-15)12-16(22)13-23-17-6-7-18-19(10-17)25-14-24-18/h1-7,10,16,21-22H,8-9,11-14H2/t16-/m0/s1. The zero-order valence-electron chi connectivity index (χ0n) is 14.0. The SMILES string of the molecule is OCCN(Cc1ccccc1)C[C@H](O)COc1ccc2c(c1)OCO2. The maximum absolute atomic E-state index is 10.3. The Labute approximate surface area is 147 Å². The largest absolute Gasteiger partial charge is 0.491 e. The van der Waals surface area contributed by atoms with Crippen LogP contribution in [-0.4, -0.2) is 54.3 Å². The molecular formula is C19H23NO5. The van der Waals surface area contributed by atoms with E-state index in [1.54, 1.807) is 18.2 Å². The van der Waals surface area contributed by atoms with Crippen molar-refractivity contribution in [1.29, 1.82) is 0 Å². The summed E-state index contributed by atoms with van der Waals surface area (Å²) in [6, 6.07) is 15.3. The Balaban J connectivity index is 1.50. The van der Waals surface area contributed by atoms with Crippen LogP contribution in [0.4, 0.5) is 0 Å². The fourth-order valence-electron chi connectivity index (χ4n) is 2.73. The molecule has 25 heavy (non-hydrogen) atoms. The molecule has 6 nitrogen and oxygen atoms in total. The average Bonchev–Trinajstić information content (AvgIpc) is 3.09. The summed E-state index contributed by atoms with van der Waals surface area (Å²) in [5.74, 6) is 1.97. The molecule has 2 aromatic rings. The van der Waals surface area contributed by atoms with Gasteiger partial charge in [-0.15, -0.1) is 0 Å². The topological polar surface area (TPSA) is 71.4 Å². The number of benzene rings is 2. The van der Waals surface area contributed by atoms with Gasteiger partial charge in [0.15, 0.2) is 11.5 Å². The van der Waals surface area contributed by atoms with Crippen LogP contribution in [0.2, 0.25) is 0 Å². The van der Waals surface area contributed by atoms with Gasteiger partial charge < -0.3 is 24.4 Å². The Morgan fingerprint density at radius 2 is 1.88 bits per heavy atom. The molecule has 0 fully saturated rings. The number of hydrogen-bond acceptors (Lipinski definition) is 6. The van der Waals surface area contributed by atoms with Gasteiger partial charge in [-0.3, -0.25) is 4.90 Å². The lowest BCUT2D eigenvalue weighted by atomic mass is 10.2. The summed E-state index contributed by atoms with van der Waals surface area (Å²) in [7, 11) is 0. The van der Waals surface area contributed by atoms with Crippen molar-refractivity contribution in [2.24, 2.45) is 0 Å². The summed E-state index contributed by atoms with van der Waals surface area (Å²) in [5.41, 5.74) is 1.14. The number of rotatable bonds is 9. The van der Waals surface area contributed by atoms with Gasteiger partial charge in [0.05, 0.1) is 6.61 Å². The molecule has 0 aliphatic carbocycles. The van der Waals surface area contributed by atoms with Crippen molar-refractivity contribution in [2.45, 2.75) is 12.6 Å². The van der Waals surface area contributed by atoms with E-state index in [0.717, 1.165) is 5.56 Å². The van der Waals surface area contributed by atoms with E-state index in [-0.39, 0.29) is 20.0 Å². The fourth-order valence-corrected chi connectivity index (χ4v) is 2.73. The van der Waals surface area contributed by atoms with Crippen LogP contribution in [0.15, 0.2) is 48.5 Å². The van der Waals surface area contributed by atoms with Crippen LogP contribution in [-0.2, 0) is 6.54 Å². The molecule has 0 spiro atoms. The molecule has 0 aromatic heterocycles. The Bertz CT molecular complexity index is 664. The molecule has 0 saturated carbocycles. The van der Waals surface area contributed by atoms with Crippen LogP contribution in [0.25, 0.3) is 0 Å². The second-order valence-corrected chi connectivity index (χ2v) is 5.92. The van der Waals surface area contributed by atoms with Gasteiger partial charge in [-0.2, -0.15) is 0 Å². The highest BCUT2D eigenvalue weighted by molar-refractivity contribution is 5.46.